The lowest BCUT2D eigenvalue weighted by Gasteiger charge is -1.98. The first-order valence-electron chi connectivity index (χ1n) is 4.17. The van der Waals surface area contributed by atoms with Gasteiger partial charge in [0.2, 0.25) is 0 Å². The lowest BCUT2D eigenvalue weighted by molar-refractivity contribution is 1.29. The van der Waals surface area contributed by atoms with E-state index in [0.717, 1.165) is 6.42 Å². The summed E-state index contributed by atoms with van der Waals surface area (Å²) in [5.41, 5.74) is 3.95. The molecule has 0 atom stereocenters. The summed E-state index contributed by atoms with van der Waals surface area (Å²) >= 11 is 0. The molecule has 2 rings (SSSR count). The van der Waals surface area contributed by atoms with Crippen LogP contribution in [0.5, 0.6) is 0 Å². The summed E-state index contributed by atoms with van der Waals surface area (Å²) in [4.78, 5) is 0. The van der Waals surface area contributed by atoms with Crippen LogP contribution in [0.4, 0.5) is 0 Å². The lowest BCUT2D eigenvalue weighted by Crippen LogP contribution is -1.79. The van der Waals surface area contributed by atoms with Gasteiger partial charge in [0.15, 0.2) is 0 Å². The maximum Gasteiger partial charge on any atom is -0.0152 e. The van der Waals surface area contributed by atoms with E-state index in [1.807, 2.05) is 0 Å². The molecule has 59 valence electrons. The molecule has 0 unspecified atom stereocenters. The smallest absolute Gasteiger partial charge is 0.0152 e. The molecule has 0 aromatic rings. The molecule has 0 saturated heterocycles. The summed E-state index contributed by atoms with van der Waals surface area (Å²) < 4.78 is 0. The largest absolute Gasteiger partial charge is 0.0620 e. The summed E-state index contributed by atoms with van der Waals surface area (Å²) in [6, 6.07) is 14.8. The summed E-state index contributed by atoms with van der Waals surface area (Å²) in [5, 5.41) is 0. The van der Waals surface area contributed by atoms with Gasteiger partial charge in [-0.15, -0.1) is 0 Å². The first-order chi connectivity index (χ1) is 5.92. The van der Waals surface area contributed by atoms with Gasteiger partial charge in [0, 0.05) is 0 Å². The summed E-state index contributed by atoms with van der Waals surface area (Å²) in [6.45, 7) is 3.91. The quantitative estimate of drug-likeness (QED) is 0.593. The second-order valence-electron chi connectivity index (χ2n) is 2.89. The summed E-state index contributed by atoms with van der Waals surface area (Å²) in [5.74, 6) is 0. The fourth-order valence-electron chi connectivity index (χ4n) is 1.51. The van der Waals surface area contributed by atoms with Crippen molar-refractivity contribution in [1.82, 2.24) is 0 Å². The first-order valence-corrected chi connectivity index (χ1v) is 4.17. The van der Waals surface area contributed by atoms with Crippen molar-refractivity contribution < 1.29 is 0 Å². The van der Waals surface area contributed by atoms with E-state index in [1.165, 1.54) is 16.7 Å². The Bertz CT molecular complexity index is 349. The Morgan fingerprint density at radius 2 is 1.67 bits per heavy atom. The molecule has 0 spiro atoms. The van der Waals surface area contributed by atoms with Crippen LogP contribution >= 0.6 is 0 Å². The van der Waals surface area contributed by atoms with Crippen LogP contribution in [0.25, 0.3) is 11.1 Å². The molecule has 0 heteroatoms. The maximum atomic E-state index is 3.91. The van der Waals surface area contributed by atoms with Crippen molar-refractivity contribution in [1.29, 1.82) is 0 Å². The first kappa shape index (κ1) is 7.35. The van der Waals surface area contributed by atoms with E-state index in [2.05, 4.69) is 49.4 Å². The minimum Gasteiger partial charge on any atom is -0.0620 e. The highest BCUT2D eigenvalue weighted by Gasteiger charge is 2.02. The maximum absolute atomic E-state index is 3.91. The molecular weight excluding hydrogens is 144 g/mol. The fraction of sp³-hybridized carbons (Fsp3) is 0.0833. The topological polar surface area (TPSA) is 0 Å². The van der Waals surface area contributed by atoms with Crippen LogP contribution in [-0.4, -0.2) is 0 Å². The molecule has 0 nitrogen and oxygen atoms in total. The predicted octanol–water partition coefficient (Wildman–Crippen LogP) is 3.17. The molecule has 2 aliphatic rings. The summed E-state index contributed by atoms with van der Waals surface area (Å²) in [7, 11) is 0. The van der Waals surface area contributed by atoms with E-state index < -0.39 is 0 Å². The van der Waals surface area contributed by atoms with E-state index in [-0.39, 0.29) is 0 Å². The average molecular weight is 155 g/mol. The molecule has 0 aliphatic heterocycles. The van der Waals surface area contributed by atoms with Crippen molar-refractivity contribution in [3.05, 3.63) is 55.0 Å². The van der Waals surface area contributed by atoms with Crippen molar-refractivity contribution in [3.8, 4) is 11.1 Å². The highest BCUT2D eigenvalue weighted by atomic mass is 14.1. The third kappa shape index (κ3) is 1.10. The number of rotatable bonds is 1. The van der Waals surface area contributed by atoms with Crippen molar-refractivity contribution in [2.24, 2.45) is 0 Å². The number of fused-ring (bicyclic) bond motifs is 1. The van der Waals surface area contributed by atoms with Gasteiger partial charge in [-0.25, -0.2) is 0 Å². The van der Waals surface area contributed by atoms with Gasteiger partial charge in [0.1, 0.15) is 0 Å². The molecule has 0 N–H and O–H groups in total. The van der Waals surface area contributed by atoms with Crippen LogP contribution in [0.1, 0.15) is 5.56 Å². The van der Waals surface area contributed by atoms with Crippen LogP contribution in [0.3, 0.4) is 0 Å². The Hall–Kier alpha value is -1.30. The van der Waals surface area contributed by atoms with Gasteiger partial charge in [-0.2, -0.15) is 0 Å². The van der Waals surface area contributed by atoms with E-state index >= 15 is 0 Å². The zero-order valence-electron chi connectivity index (χ0n) is 6.96. The molecule has 0 saturated carbocycles. The molecule has 0 fully saturated rings. The SMILES string of the molecule is [CH2]Cc1ccccc2cccc1-2. The number of hydrogen-bond acceptors (Lipinski definition) is 0. The second-order valence-corrected chi connectivity index (χ2v) is 2.89. The van der Waals surface area contributed by atoms with E-state index in [4.69, 9.17) is 0 Å². The second kappa shape index (κ2) is 2.98. The Labute approximate surface area is 73.2 Å². The van der Waals surface area contributed by atoms with Crippen molar-refractivity contribution in [3.63, 3.8) is 0 Å². The van der Waals surface area contributed by atoms with Gasteiger partial charge in [0.05, 0.1) is 0 Å². The third-order valence-electron chi connectivity index (χ3n) is 2.15. The minimum absolute atomic E-state index is 0.856. The molecule has 0 aromatic heterocycles. The van der Waals surface area contributed by atoms with Gasteiger partial charge in [-0.1, -0.05) is 42.5 Å². The monoisotopic (exact) mass is 155 g/mol. The predicted molar refractivity (Wildman–Crippen MR) is 52.1 cm³/mol. The molecule has 2 aliphatic carbocycles. The van der Waals surface area contributed by atoms with Crippen LogP contribution in [0.2, 0.25) is 0 Å². The Balaban J connectivity index is 2.69. The molecule has 0 heterocycles. The van der Waals surface area contributed by atoms with Gasteiger partial charge < -0.3 is 0 Å². The highest BCUT2D eigenvalue weighted by molar-refractivity contribution is 5.69. The van der Waals surface area contributed by atoms with Crippen molar-refractivity contribution in [2.75, 3.05) is 0 Å². The van der Waals surface area contributed by atoms with Crippen LogP contribution in [0, 0.1) is 6.92 Å². The third-order valence-corrected chi connectivity index (χ3v) is 2.15. The lowest BCUT2D eigenvalue weighted by atomic mass is 10.1. The fourth-order valence-corrected chi connectivity index (χ4v) is 1.51. The van der Waals surface area contributed by atoms with Gasteiger partial charge in [-0.05, 0) is 30.0 Å². The summed E-state index contributed by atoms with van der Waals surface area (Å²) in [6.07, 6.45) is 0.856. The van der Waals surface area contributed by atoms with E-state index in [9.17, 15) is 0 Å². The van der Waals surface area contributed by atoms with Crippen LogP contribution < -0.4 is 0 Å². The Morgan fingerprint density at radius 3 is 2.50 bits per heavy atom. The molecular formula is C12H11. The van der Waals surface area contributed by atoms with Crippen molar-refractivity contribution >= 4 is 0 Å². The Morgan fingerprint density at radius 1 is 0.917 bits per heavy atom. The van der Waals surface area contributed by atoms with E-state index in [1.54, 1.807) is 0 Å². The van der Waals surface area contributed by atoms with Crippen molar-refractivity contribution in [2.45, 2.75) is 6.42 Å². The van der Waals surface area contributed by atoms with Crippen LogP contribution in [-0.2, 0) is 6.42 Å². The molecule has 0 bridgehead atoms. The zero-order valence-corrected chi connectivity index (χ0v) is 6.96. The van der Waals surface area contributed by atoms with Gasteiger partial charge in [0.25, 0.3) is 0 Å². The van der Waals surface area contributed by atoms with Gasteiger partial charge in [-0.3, -0.25) is 0 Å². The standard InChI is InChI=1S/C12H11/c1-2-10-6-3-4-7-11-8-5-9-12(10)11/h3-9H,1-2H2. The Kier molecular flexibility index (Phi) is 1.83. The normalized spacial score (nSPS) is 10.4. The zero-order chi connectivity index (χ0) is 8.39. The molecule has 0 amide bonds. The van der Waals surface area contributed by atoms with Gasteiger partial charge >= 0.3 is 0 Å². The molecule has 12 heavy (non-hydrogen) atoms. The van der Waals surface area contributed by atoms with Crippen LogP contribution in [0.15, 0.2) is 42.5 Å². The highest BCUT2D eigenvalue weighted by Crippen LogP contribution is 2.25. The molecule has 1 radical (unpaired) electrons. The average Bonchev–Trinajstić information content (AvgIpc) is 2.46. The molecule has 0 aromatic carbocycles. The number of hydrogen-bond donors (Lipinski definition) is 0. The van der Waals surface area contributed by atoms with E-state index in [0.29, 0.717) is 0 Å². The minimum atomic E-state index is 0.856.